The van der Waals surface area contributed by atoms with Crippen LogP contribution in [0.1, 0.15) is 46.6 Å². The number of alkyl halides is 3. The second-order valence-electron chi connectivity index (χ2n) is 14.2. The highest BCUT2D eigenvalue weighted by Gasteiger charge is 2.70. The van der Waals surface area contributed by atoms with Crippen molar-refractivity contribution in [1.82, 2.24) is 14.9 Å². The summed E-state index contributed by atoms with van der Waals surface area (Å²) in [5.41, 5.74) is 2.34. The zero-order valence-corrected chi connectivity index (χ0v) is 30.0. The fourth-order valence-corrected chi connectivity index (χ4v) is 9.36. The predicted octanol–water partition coefficient (Wildman–Crippen LogP) is 7.61. The van der Waals surface area contributed by atoms with Gasteiger partial charge in [0.05, 0.1) is 40.3 Å². The molecule has 276 valence electrons. The molecule has 6 unspecified atom stereocenters. The quantitative estimate of drug-likeness (QED) is 0.153. The monoisotopic (exact) mass is 774 g/mol. The zero-order valence-electron chi connectivity index (χ0n) is 28.5. The Labute approximate surface area is 317 Å². The highest BCUT2D eigenvalue weighted by Crippen LogP contribution is 2.65. The molecule has 3 aromatic carbocycles. The molecule has 4 aliphatic rings. The molecule has 54 heavy (non-hydrogen) atoms. The number of aromatic nitrogens is 1. The van der Waals surface area contributed by atoms with Gasteiger partial charge in [-0.05, 0) is 60.6 Å². The number of amides is 4. The van der Waals surface area contributed by atoms with Crippen LogP contribution in [0.15, 0.2) is 96.7 Å². The van der Waals surface area contributed by atoms with Gasteiger partial charge < -0.3 is 5.11 Å². The number of phenols is 1. The fraction of sp³-hybridized carbons (Fsp3) is 0.275. The van der Waals surface area contributed by atoms with Crippen molar-refractivity contribution >= 4 is 52.6 Å². The lowest BCUT2D eigenvalue weighted by Crippen LogP contribution is -2.53. The first-order valence-electron chi connectivity index (χ1n) is 17.2. The summed E-state index contributed by atoms with van der Waals surface area (Å²) in [6.45, 7) is 1.77. The van der Waals surface area contributed by atoms with Gasteiger partial charge in [-0.15, -0.1) is 0 Å². The number of fused-ring (bicyclic) bond motifs is 4. The van der Waals surface area contributed by atoms with Gasteiger partial charge in [0.25, 0.3) is 11.8 Å². The molecule has 9 nitrogen and oxygen atoms in total. The second kappa shape index (κ2) is 13.0. The number of halogens is 5. The van der Waals surface area contributed by atoms with E-state index < -0.39 is 63.6 Å². The first kappa shape index (κ1) is 35.8. The summed E-state index contributed by atoms with van der Waals surface area (Å²) in [6, 6.07) is 21.3. The number of aromatic hydroxyl groups is 1. The van der Waals surface area contributed by atoms with E-state index in [2.05, 4.69) is 10.4 Å². The standard InChI is InChI=1S/C40H31Cl2F3N4O5/c1-20-6-5-9-27(33(20)50)32-25-14-15-26-31(37(53)48(35(26)51)19-21-7-3-2-4-8-21)28(25)17-29-36(52)49(38(54)39(29,32)22-10-12-24(41)13-11-22)47-34-30(42)16-23(18-46-34)40(43,44)45/h2-14,16,18,26,28-29,31-32,50H,15,17,19H2,1H3,(H,46,47). The number of benzene rings is 3. The molecular formula is C40H31Cl2F3N4O5. The van der Waals surface area contributed by atoms with Gasteiger partial charge in [0.1, 0.15) is 5.75 Å². The van der Waals surface area contributed by atoms with Gasteiger partial charge in [-0.25, -0.2) is 4.98 Å². The van der Waals surface area contributed by atoms with Crippen molar-refractivity contribution in [3.63, 3.8) is 0 Å². The molecule has 0 bridgehead atoms. The molecule has 0 radical (unpaired) electrons. The van der Waals surface area contributed by atoms with Crippen molar-refractivity contribution in [1.29, 1.82) is 0 Å². The van der Waals surface area contributed by atoms with Gasteiger partial charge in [0.2, 0.25) is 11.8 Å². The number of pyridine rings is 1. The molecule has 0 spiro atoms. The van der Waals surface area contributed by atoms with Crippen molar-refractivity contribution < 1.29 is 37.5 Å². The number of para-hydroxylation sites is 1. The number of rotatable bonds is 6. The number of phenolic OH excluding ortho intramolecular Hbond substituents is 1. The zero-order chi connectivity index (χ0) is 38.3. The van der Waals surface area contributed by atoms with E-state index in [1.165, 1.54) is 4.90 Å². The number of carbonyl (C=O) groups is 4. The normalized spacial score (nSPS) is 26.4. The van der Waals surface area contributed by atoms with Crippen molar-refractivity contribution in [2.24, 2.45) is 23.7 Å². The molecule has 4 amide bonds. The van der Waals surface area contributed by atoms with Crippen LogP contribution in [-0.4, -0.2) is 43.6 Å². The van der Waals surface area contributed by atoms with Crippen LogP contribution in [-0.2, 0) is 37.3 Å². The summed E-state index contributed by atoms with van der Waals surface area (Å²) < 4.78 is 40.4. The van der Waals surface area contributed by atoms with Crippen LogP contribution in [0.25, 0.3) is 0 Å². The third kappa shape index (κ3) is 5.40. The smallest absolute Gasteiger partial charge is 0.417 e. The molecule has 2 N–H and O–H groups in total. The summed E-state index contributed by atoms with van der Waals surface area (Å²) >= 11 is 12.6. The van der Waals surface area contributed by atoms with Gasteiger partial charge in [0, 0.05) is 22.7 Å². The number of likely N-dealkylation sites (tertiary alicyclic amines) is 1. The SMILES string of the molecule is Cc1cccc(C2C3=CCC4C(=O)N(Cc5ccccc5)C(=O)C4C3CC3C(=O)N(Nc4ncc(C(F)(F)F)cc4Cl)C(=O)C32c2ccc(Cl)cc2)c1O. The van der Waals surface area contributed by atoms with Crippen molar-refractivity contribution in [3.05, 3.63) is 135 Å². The average Bonchev–Trinajstić information content (AvgIpc) is 3.51. The molecule has 3 fully saturated rings. The van der Waals surface area contributed by atoms with E-state index in [9.17, 15) is 32.7 Å². The van der Waals surface area contributed by atoms with Gasteiger partial charge in [-0.2, -0.15) is 18.2 Å². The maximum atomic E-state index is 15.3. The number of aryl methyl sites for hydroxylation is 1. The number of nitrogens with one attached hydrogen (secondary N) is 1. The number of hydrogen-bond donors (Lipinski definition) is 2. The van der Waals surface area contributed by atoms with E-state index in [4.69, 9.17) is 23.2 Å². The minimum absolute atomic E-state index is 0.0339. The number of hydrogen-bond acceptors (Lipinski definition) is 7. The van der Waals surface area contributed by atoms with Crippen LogP contribution in [0, 0.1) is 30.6 Å². The Balaban J connectivity index is 1.30. The topological polar surface area (TPSA) is 120 Å². The third-order valence-electron chi connectivity index (χ3n) is 11.4. The van der Waals surface area contributed by atoms with E-state index in [-0.39, 0.29) is 42.8 Å². The van der Waals surface area contributed by atoms with Crippen molar-refractivity contribution in [2.75, 3.05) is 5.43 Å². The van der Waals surface area contributed by atoms with Crippen LogP contribution >= 0.6 is 23.2 Å². The molecule has 1 saturated carbocycles. The molecular weight excluding hydrogens is 744 g/mol. The summed E-state index contributed by atoms with van der Waals surface area (Å²) in [6.07, 6.45) is -2.19. The highest BCUT2D eigenvalue weighted by molar-refractivity contribution is 6.33. The van der Waals surface area contributed by atoms with Crippen molar-refractivity contribution in [2.45, 2.75) is 43.8 Å². The average molecular weight is 776 g/mol. The van der Waals surface area contributed by atoms with Crippen molar-refractivity contribution in [3.8, 4) is 5.75 Å². The lowest BCUT2D eigenvalue weighted by Gasteiger charge is -2.50. The first-order chi connectivity index (χ1) is 25.7. The Morgan fingerprint density at radius 2 is 1.65 bits per heavy atom. The molecule has 6 atom stereocenters. The largest absolute Gasteiger partial charge is 0.507 e. The number of allylic oxidation sites excluding steroid dienone is 2. The third-order valence-corrected chi connectivity index (χ3v) is 12.0. The van der Waals surface area contributed by atoms with Gasteiger partial charge in [-0.1, -0.05) is 95.5 Å². The molecule has 2 aliphatic heterocycles. The highest BCUT2D eigenvalue weighted by atomic mass is 35.5. The molecule has 2 aliphatic carbocycles. The minimum atomic E-state index is -4.75. The maximum Gasteiger partial charge on any atom is 0.417 e. The molecule has 4 aromatic rings. The maximum absolute atomic E-state index is 15.3. The Morgan fingerprint density at radius 3 is 2.33 bits per heavy atom. The van der Waals surface area contributed by atoms with E-state index in [0.717, 1.165) is 10.6 Å². The summed E-state index contributed by atoms with van der Waals surface area (Å²) in [4.78, 5) is 63.4. The van der Waals surface area contributed by atoms with Crippen LogP contribution in [0.5, 0.6) is 5.75 Å². The lowest BCUT2D eigenvalue weighted by atomic mass is 9.49. The fourth-order valence-electron chi connectivity index (χ4n) is 9.03. The first-order valence-corrected chi connectivity index (χ1v) is 18.0. The van der Waals surface area contributed by atoms with Gasteiger partial charge in [-0.3, -0.25) is 29.5 Å². The molecule has 8 rings (SSSR count). The molecule has 14 heteroatoms. The Morgan fingerprint density at radius 1 is 0.926 bits per heavy atom. The summed E-state index contributed by atoms with van der Waals surface area (Å²) in [5.74, 6) is -7.19. The van der Waals surface area contributed by atoms with Gasteiger partial charge in [0.15, 0.2) is 5.82 Å². The Kier molecular flexibility index (Phi) is 8.61. The van der Waals surface area contributed by atoms with E-state index in [1.54, 1.807) is 49.4 Å². The molecule has 3 heterocycles. The summed E-state index contributed by atoms with van der Waals surface area (Å²) in [5, 5.41) is 12.3. The van der Waals surface area contributed by atoms with E-state index >= 15 is 4.79 Å². The number of imide groups is 2. The van der Waals surface area contributed by atoms with Crippen LogP contribution in [0.4, 0.5) is 19.0 Å². The van der Waals surface area contributed by atoms with Crippen LogP contribution in [0.2, 0.25) is 10.0 Å². The second-order valence-corrected chi connectivity index (χ2v) is 15.0. The Hall–Kier alpha value is -5.20. The predicted molar refractivity (Wildman–Crippen MR) is 192 cm³/mol. The Bertz CT molecular complexity index is 2270. The van der Waals surface area contributed by atoms with Crippen LogP contribution < -0.4 is 5.43 Å². The minimum Gasteiger partial charge on any atom is -0.507 e. The number of nitrogens with zero attached hydrogens (tertiary/aromatic N) is 3. The number of hydrazine groups is 1. The molecule has 1 aromatic heterocycles. The lowest BCUT2D eigenvalue weighted by molar-refractivity contribution is -0.142. The van der Waals surface area contributed by atoms with Gasteiger partial charge >= 0.3 is 6.18 Å². The molecule has 2 saturated heterocycles. The van der Waals surface area contributed by atoms with E-state index in [1.807, 2.05) is 36.4 Å². The summed E-state index contributed by atoms with van der Waals surface area (Å²) in [7, 11) is 0. The van der Waals surface area contributed by atoms with Crippen LogP contribution in [0.3, 0.4) is 0 Å². The van der Waals surface area contributed by atoms with E-state index in [0.29, 0.717) is 39.5 Å². The number of anilines is 1. The number of carbonyl (C=O) groups excluding carboxylic acids is 4.